The average Bonchev–Trinajstić information content (AvgIpc) is 2.60. The molecule has 0 N–H and O–H groups in total. The lowest BCUT2D eigenvalue weighted by atomic mass is 10.0. The fourth-order valence-electron chi connectivity index (χ4n) is 2.79. The fourth-order valence-corrected chi connectivity index (χ4v) is 2.98. The molecule has 0 aliphatic carbocycles. The van der Waals surface area contributed by atoms with Crippen LogP contribution in [0, 0.1) is 6.92 Å². The van der Waals surface area contributed by atoms with Gasteiger partial charge in [-0.1, -0.05) is 31.9 Å². The summed E-state index contributed by atoms with van der Waals surface area (Å²) in [6.45, 7) is 5.87. The van der Waals surface area contributed by atoms with Crippen molar-refractivity contribution in [3.63, 3.8) is 0 Å². The van der Waals surface area contributed by atoms with E-state index in [1.807, 2.05) is 0 Å². The molecule has 0 aliphatic rings. The number of benzene rings is 2. The largest absolute Gasteiger partial charge is 0.494 e. The maximum absolute atomic E-state index is 5.94. The fraction of sp³-hybridized carbons (Fsp3) is 0.524. The Labute approximate surface area is 151 Å². The van der Waals surface area contributed by atoms with E-state index in [1.54, 1.807) is 0 Å². The van der Waals surface area contributed by atoms with Crippen LogP contribution in [0.2, 0.25) is 0 Å². The highest BCUT2D eigenvalue weighted by Gasteiger charge is 2.06. The first kappa shape index (κ1) is 18.9. The maximum atomic E-state index is 5.94. The van der Waals surface area contributed by atoms with Crippen molar-refractivity contribution in [2.24, 2.45) is 0 Å². The average molecular weight is 349 g/mol. The Bertz CT molecular complexity index is 625. The van der Waals surface area contributed by atoms with Gasteiger partial charge in [0.05, 0.1) is 13.2 Å². The molecular weight excluding hydrogens is 320 g/mol. The molecule has 0 heterocycles. The molecule has 2 aromatic rings. The molecular formula is C21H29ClO2. The molecule has 0 saturated heterocycles. The quantitative estimate of drug-likeness (QED) is 0.340. The van der Waals surface area contributed by atoms with Gasteiger partial charge in [0.25, 0.3) is 0 Å². The summed E-state index contributed by atoms with van der Waals surface area (Å²) >= 11 is 5.70. The number of rotatable bonds is 11. The van der Waals surface area contributed by atoms with Crippen LogP contribution in [-0.4, -0.2) is 19.1 Å². The van der Waals surface area contributed by atoms with Gasteiger partial charge in [-0.15, -0.1) is 11.6 Å². The zero-order valence-corrected chi connectivity index (χ0v) is 15.7. The van der Waals surface area contributed by atoms with E-state index in [4.69, 9.17) is 21.1 Å². The molecule has 0 unspecified atom stereocenters. The van der Waals surface area contributed by atoms with Crippen LogP contribution in [-0.2, 0) is 0 Å². The SMILES string of the molecule is CCCCCOc1ccc2c(C)c(OCCCCCCl)ccc2c1. The van der Waals surface area contributed by atoms with Gasteiger partial charge in [0.15, 0.2) is 0 Å². The second kappa shape index (κ2) is 10.5. The van der Waals surface area contributed by atoms with Crippen LogP contribution in [0.5, 0.6) is 11.5 Å². The van der Waals surface area contributed by atoms with E-state index in [0.717, 1.165) is 56.3 Å². The highest BCUT2D eigenvalue weighted by Crippen LogP contribution is 2.30. The van der Waals surface area contributed by atoms with Crippen LogP contribution in [0.3, 0.4) is 0 Å². The van der Waals surface area contributed by atoms with Crippen molar-refractivity contribution < 1.29 is 9.47 Å². The summed E-state index contributed by atoms with van der Waals surface area (Å²) < 4.78 is 11.8. The van der Waals surface area contributed by atoms with Crippen LogP contribution >= 0.6 is 11.6 Å². The van der Waals surface area contributed by atoms with Crippen molar-refractivity contribution in [3.05, 3.63) is 35.9 Å². The monoisotopic (exact) mass is 348 g/mol. The molecule has 0 atom stereocenters. The Morgan fingerprint density at radius 2 is 1.67 bits per heavy atom. The van der Waals surface area contributed by atoms with Crippen molar-refractivity contribution in [2.45, 2.75) is 52.4 Å². The Morgan fingerprint density at radius 3 is 2.46 bits per heavy atom. The van der Waals surface area contributed by atoms with Crippen LogP contribution in [0.4, 0.5) is 0 Å². The van der Waals surface area contributed by atoms with E-state index in [-0.39, 0.29) is 0 Å². The number of aryl methyl sites for hydroxylation is 1. The van der Waals surface area contributed by atoms with Gasteiger partial charge in [0.1, 0.15) is 11.5 Å². The first-order chi connectivity index (χ1) is 11.8. The Morgan fingerprint density at radius 1 is 0.875 bits per heavy atom. The molecule has 0 saturated carbocycles. The molecule has 0 radical (unpaired) electrons. The van der Waals surface area contributed by atoms with Gasteiger partial charge in [-0.05, 0) is 67.1 Å². The van der Waals surface area contributed by atoms with E-state index < -0.39 is 0 Å². The third-order valence-corrected chi connectivity index (χ3v) is 4.53. The normalized spacial score (nSPS) is 11.0. The van der Waals surface area contributed by atoms with E-state index in [9.17, 15) is 0 Å². The van der Waals surface area contributed by atoms with Crippen LogP contribution in [0.1, 0.15) is 51.0 Å². The lowest BCUT2D eigenvalue weighted by Crippen LogP contribution is -2.00. The number of alkyl halides is 1. The molecule has 0 bridgehead atoms. The van der Waals surface area contributed by atoms with Gasteiger partial charge in [-0.25, -0.2) is 0 Å². The number of halogens is 1. The number of hydrogen-bond donors (Lipinski definition) is 0. The molecule has 3 heteroatoms. The summed E-state index contributed by atoms with van der Waals surface area (Å²) in [7, 11) is 0. The second-order valence-corrected chi connectivity index (χ2v) is 6.60. The van der Waals surface area contributed by atoms with Gasteiger partial charge < -0.3 is 9.47 Å². The molecule has 0 aromatic heterocycles. The van der Waals surface area contributed by atoms with Gasteiger partial charge in [-0.2, -0.15) is 0 Å². The number of ether oxygens (including phenoxy) is 2. The Kier molecular flexibility index (Phi) is 8.24. The van der Waals surface area contributed by atoms with Crippen molar-refractivity contribution in [1.82, 2.24) is 0 Å². The van der Waals surface area contributed by atoms with Crippen LogP contribution < -0.4 is 9.47 Å². The van der Waals surface area contributed by atoms with E-state index >= 15 is 0 Å². The first-order valence-corrected chi connectivity index (χ1v) is 9.64. The molecule has 132 valence electrons. The summed E-state index contributed by atoms with van der Waals surface area (Å²) in [6.07, 6.45) is 6.78. The van der Waals surface area contributed by atoms with Gasteiger partial charge in [0.2, 0.25) is 0 Å². The first-order valence-electron chi connectivity index (χ1n) is 9.11. The number of fused-ring (bicyclic) bond motifs is 1. The van der Waals surface area contributed by atoms with Gasteiger partial charge in [-0.3, -0.25) is 0 Å². The number of unbranched alkanes of at least 4 members (excludes halogenated alkanes) is 4. The Balaban J connectivity index is 1.98. The van der Waals surface area contributed by atoms with Crippen LogP contribution in [0.25, 0.3) is 10.8 Å². The predicted octanol–water partition coefficient (Wildman–Crippen LogP) is 6.51. The zero-order chi connectivity index (χ0) is 17.2. The molecule has 2 rings (SSSR count). The second-order valence-electron chi connectivity index (χ2n) is 6.23. The van der Waals surface area contributed by atoms with Crippen molar-refractivity contribution in [2.75, 3.05) is 19.1 Å². The van der Waals surface area contributed by atoms with E-state index in [0.29, 0.717) is 0 Å². The van der Waals surface area contributed by atoms with E-state index in [2.05, 4.69) is 44.2 Å². The Hall–Kier alpha value is -1.41. The minimum absolute atomic E-state index is 0.734. The summed E-state index contributed by atoms with van der Waals surface area (Å²) in [5, 5.41) is 2.43. The summed E-state index contributed by atoms with van der Waals surface area (Å²) in [4.78, 5) is 0. The van der Waals surface area contributed by atoms with Crippen LogP contribution in [0.15, 0.2) is 30.3 Å². The number of hydrogen-bond acceptors (Lipinski definition) is 2. The minimum Gasteiger partial charge on any atom is -0.494 e. The topological polar surface area (TPSA) is 18.5 Å². The minimum atomic E-state index is 0.734. The third kappa shape index (κ3) is 5.59. The molecule has 0 aliphatic heterocycles. The standard InChI is InChI=1S/C21H29ClO2/c1-3-4-7-14-23-19-10-11-20-17(2)21(12-9-18(20)16-19)24-15-8-5-6-13-22/h9-12,16H,3-8,13-15H2,1-2H3. The molecule has 24 heavy (non-hydrogen) atoms. The molecule has 0 spiro atoms. The highest BCUT2D eigenvalue weighted by atomic mass is 35.5. The highest BCUT2D eigenvalue weighted by molar-refractivity contribution is 6.17. The van der Waals surface area contributed by atoms with Gasteiger partial charge in [0, 0.05) is 5.88 Å². The zero-order valence-electron chi connectivity index (χ0n) is 14.9. The summed E-state index contributed by atoms with van der Waals surface area (Å²) in [5.74, 6) is 2.66. The lowest BCUT2D eigenvalue weighted by Gasteiger charge is -2.13. The maximum Gasteiger partial charge on any atom is 0.122 e. The molecule has 0 amide bonds. The van der Waals surface area contributed by atoms with Gasteiger partial charge >= 0.3 is 0 Å². The predicted molar refractivity (Wildman–Crippen MR) is 104 cm³/mol. The van der Waals surface area contributed by atoms with Crippen molar-refractivity contribution in [1.29, 1.82) is 0 Å². The molecule has 2 aromatic carbocycles. The lowest BCUT2D eigenvalue weighted by molar-refractivity contribution is 0.304. The summed E-state index contributed by atoms with van der Waals surface area (Å²) in [6, 6.07) is 10.5. The molecule has 2 nitrogen and oxygen atoms in total. The van der Waals surface area contributed by atoms with Crippen molar-refractivity contribution >= 4 is 22.4 Å². The van der Waals surface area contributed by atoms with E-state index in [1.165, 1.54) is 29.2 Å². The van der Waals surface area contributed by atoms with Crippen molar-refractivity contribution in [3.8, 4) is 11.5 Å². The molecule has 0 fully saturated rings. The smallest absolute Gasteiger partial charge is 0.122 e. The summed E-state index contributed by atoms with van der Waals surface area (Å²) in [5.41, 5.74) is 1.20. The third-order valence-electron chi connectivity index (χ3n) is 4.26.